The summed E-state index contributed by atoms with van der Waals surface area (Å²) in [7, 11) is 0. The molecule has 0 aliphatic rings. The van der Waals surface area contributed by atoms with Gasteiger partial charge in [0.2, 0.25) is 5.89 Å². The highest BCUT2D eigenvalue weighted by Gasteiger charge is 2.13. The van der Waals surface area contributed by atoms with E-state index in [1.807, 2.05) is 0 Å². The van der Waals surface area contributed by atoms with Crippen LogP contribution in [0.15, 0.2) is 57.7 Å². The van der Waals surface area contributed by atoms with Gasteiger partial charge >= 0.3 is 11.6 Å². The van der Waals surface area contributed by atoms with Crippen LogP contribution in [0, 0.1) is 0 Å². The second kappa shape index (κ2) is 5.20. The third-order valence-electron chi connectivity index (χ3n) is 2.91. The van der Waals surface area contributed by atoms with Crippen molar-refractivity contribution < 1.29 is 13.9 Å². The van der Waals surface area contributed by atoms with E-state index in [1.165, 1.54) is 6.92 Å². The first-order valence-corrected chi connectivity index (χ1v) is 6.33. The Morgan fingerprint density at radius 1 is 1.10 bits per heavy atom. The minimum absolute atomic E-state index is 0.121. The Morgan fingerprint density at radius 2 is 1.81 bits per heavy atom. The molecule has 0 saturated heterocycles. The number of carbonyl (C=O) groups is 1. The zero-order valence-electron chi connectivity index (χ0n) is 11.2. The standard InChI is InChI=1S/C16H11NO4/c1-10(18)20-14-9-5-3-7-12(14)15-17-13-8-4-2-6-11(13)16(19)21-15/h2-9H,1H3. The van der Waals surface area contributed by atoms with E-state index in [2.05, 4.69) is 4.98 Å². The highest BCUT2D eigenvalue weighted by molar-refractivity contribution is 5.80. The van der Waals surface area contributed by atoms with Crippen LogP contribution >= 0.6 is 0 Å². The monoisotopic (exact) mass is 281 g/mol. The Morgan fingerprint density at radius 3 is 2.62 bits per heavy atom. The van der Waals surface area contributed by atoms with Crippen LogP contribution in [-0.4, -0.2) is 11.0 Å². The van der Waals surface area contributed by atoms with E-state index in [-0.39, 0.29) is 5.89 Å². The quantitative estimate of drug-likeness (QED) is 0.533. The molecule has 0 aliphatic heterocycles. The van der Waals surface area contributed by atoms with E-state index in [4.69, 9.17) is 9.15 Å². The lowest BCUT2D eigenvalue weighted by molar-refractivity contribution is -0.131. The van der Waals surface area contributed by atoms with Crippen LogP contribution < -0.4 is 10.4 Å². The van der Waals surface area contributed by atoms with Gasteiger partial charge in [0.1, 0.15) is 5.75 Å². The van der Waals surface area contributed by atoms with Gasteiger partial charge in [-0.15, -0.1) is 0 Å². The van der Waals surface area contributed by atoms with Crippen molar-refractivity contribution in [1.82, 2.24) is 4.98 Å². The number of aromatic nitrogens is 1. The van der Waals surface area contributed by atoms with Gasteiger partial charge in [0.15, 0.2) is 0 Å². The third-order valence-corrected chi connectivity index (χ3v) is 2.91. The molecule has 0 unspecified atom stereocenters. The van der Waals surface area contributed by atoms with Crippen LogP contribution in [0.1, 0.15) is 6.92 Å². The predicted octanol–water partition coefficient (Wildman–Crippen LogP) is 2.78. The molecule has 0 radical (unpaired) electrons. The van der Waals surface area contributed by atoms with Gasteiger partial charge in [-0.05, 0) is 24.3 Å². The van der Waals surface area contributed by atoms with Crippen LogP contribution in [0.25, 0.3) is 22.4 Å². The summed E-state index contributed by atoms with van der Waals surface area (Å²) in [5, 5.41) is 0.409. The number of benzene rings is 2. The SMILES string of the molecule is CC(=O)Oc1ccccc1-c1nc2ccccc2c(=O)o1. The van der Waals surface area contributed by atoms with Crippen molar-refractivity contribution in [2.24, 2.45) is 0 Å². The largest absolute Gasteiger partial charge is 0.426 e. The molecule has 5 heteroatoms. The molecule has 0 bridgehead atoms. The van der Waals surface area contributed by atoms with E-state index >= 15 is 0 Å². The molecule has 2 aromatic carbocycles. The summed E-state index contributed by atoms with van der Waals surface area (Å²) in [6, 6.07) is 13.7. The van der Waals surface area contributed by atoms with Gasteiger partial charge in [-0.1, -0.05) is 24.3 Å². The average molecular weight is 281 g/mol. The Labute approximate surface area is 119 Å². The maximum absolute atomic E-state index is 12.0. The second-order valence-electron chi connectivity index (χ2n) is 4.41. The van der Waals surface area contributed by atoms with Crippen molar-refractivity contribution in [1.29, 1.82) is 0 Å². The molecule has 3 aromatic rings. The molecular weight excluding hydrogens is 270 g/mol. The summed E-state index contributed by atoms with van der Waals surface area (Å²) in [5.41, 5.74) is 0.505. The first-order chi connectivity index (χ1) is 10.1. The molecule has 0 aliphatic carbocycles. The summed E-state index contributed by atoms with van der Waals surface area (Å²) < 4.78 is 10.4. The van der Waals surface area contributed by atoms with E-state index in [0.29, 0.717) is 22.2 Å². The Balaban J connectivity index is 2.21. The molecule has 0 N–H and O–H groups in total. The molecule has 3 rings (SSSR count). The van der Waals surface area contributed by atoms with E-state index in [1.54, 1.807) is 48.5 Å². The summed E-state index contributed by atoms with van der Waals surface area (Å²) in [5.74, 6) is -0.0305. The third kappa shape index (κ3) is 2.53. The molecule has 5 nitrogen and oxygen atoms in total. The molecule has 21 heavy (non-hydrogen) atoms. The van der Waals surface area contributed by atoms with Crippen molar-refractivity contribution in [2.75, 3.05) is 0 Å². The van der Waals surface area contributed by atoms with Crippen molar-refractivity contribution in [3.05, 3.63) is 59.0 Å². The molecule has 0 atom stereocenters. The number of ether oxygens (including phenoxy) is 1. The maximum atomic E-state index is 12.0. The summed E-state index contributed by atoms with van der Waals surface area (Å²) in [4.78, 5) is 27.4. The first kappa shape index (κ1) is 13.1. The number of hydrogen-bond acceptors (Lipinski definition) is 5. The number of carbonyl (C=O) groups excluding carboxylic acids is 1. The van der Waals surface area contributed by atoms with Crippen molar-refractivity contribution >= 4 is 16.9 Å². The minimum Gasteiger partial charge on any atom is -0.426 e. The first-order valence-electron chi connectivity index (χ1n) is 6.33. The smallest absolute Gasteiger partial charge is 0.347 e. The Bertz CT molecular complexity index is 883. The molecule has 104 valence electrons. The molecule has 0 amide bonds. The van der Waals surface area contributed by atoms with Crippen LogP contribution in [0.4, 0.5) is 0 Å². The number of nitrogens with zero attached hydrogens (tertiary/aromatic N) is 1. The zero-order chi connectivity index (χ0) is 14.8. The van der Waals surface area contributed by atoms with Crippen molar-refractivity contribution in [3.63, 3.8) is 0 Å². The van der Waals surface area contributed by atoms with Crippen molar-refractivity contribution in [2.45, 2.75) is 6.92 Å². The fraction of sp³-hybridized carbons (Fsp3) is 0.0625. The fourth-order valence-electron chi connectivity index (χ4n) is 2.02. The molecule has 0 spiro atoms. The van der Waals surface area contributed by atoms with E-state index in [0.717, 1.165) is 0 Å². The molecule has 1 heterocycles. The predicted molar refractivity (Wildman–Crippen MR) is 77.0 cm³/mol. The second-order valence-corrected chi connectivity index (χ2v) is 4.41. The summed E-state index contributed by atoms with van der Waals surface area (Å²) in [6.45, 7) is 1.31. The highest BCUT2D eigenvalue weighted by Crippen LogP contribution is 2.28. The molecule has 0 fully saturated rings. The molecule has 1 aromatic heterocycles. The van der Waals surface area contributed by atoms with E-state index in [9.17, 15) is 9.59 Å². The molecule has 0 saturated carbocycles. The number of esters is 1. The maximum Gasteiger partial charge on any atom is 0.347 e. The Hall–Kier alpha value is -2.95. The number of hydrogen-bond donors (Lipinski definition) is 0. The number of fused-ring (bicyclic) bond motifs is 1. The average Bonchev–Trinajstić information content (AvgIpc) is 2.47. The van der Waals surface area contributed by atoms with E-state index < -0.39 is 11.6 Å². The van der Waals surface area contributed by atoms with Crippen molar-refractivity contribution in [3.8, 4) is 17.2 Å². The van der Waals surface area contributed by atoms with Crippen LogP contribution in [-0.2, 0) is 4.79 Å². The van der Waals surface area contributed by atoms with Gasteiger partial charge in [-0.2, -0.15) is 0 Å². The van der Waals surface area contributed by atoms with Gasteiger partial charge in [0, 0.05) is 6.92 Å². The van der Waals surface area contributed by atoms with Crippen LogP contribution in [0.5, 0.6) is 5.75 Å². The van der Waals surface area contributed by atoms with Gasteiger partial charge in [-0.25, -0.2) is 9.78 Å². The fourth-order valence-corrected chi connectivity index (χ4v) is 2.02. The lowest BCUT2D eigenvalue weighted by Gasteiger charge is -2.07. The Kier molecular flexibility index (Phi) is 3.23. The highest BCUT2D eigenvalue weighted by atomic mass is 16.5. The van der Waals surface area contributed by atoms with Gasteiger partial charge in [0.05, 0.1) is 16.5 Å². The van der Waals surface area contributed by atoms with Gasteiger partial charge < -0.3 is 9.15 Å². The van der Waals surface area contributed by atoms with Gasteiger partial charge in [0.25, 0.3) is 0 Å². The number of rotatable bonds is 2. The van der Waals surface area contributed by atoms with Crippen LogP contribution in [0.3, 0.4) is 0 Å². The summed E-state index contributed by atoms with van der Waals surface area (Å²) >= 11 is 0. The number of para-hydroxylation sites is 2. The lowest BCUT2D eigenvalue weighted by atomic mass is 10.2. The van der Waals surface area contributed by atoms with Crippen LogP contribution in [0.2, 0.25) is 0 Å². The topological polar surface area (TPSA) is 69.4 Å². The lowest BCUT2D eigenvalue weighted by Crippen LogP contribution is -2.05. The summed E-state index contributed by atoms with van der Waals surface area (Å²) in [6.07, 6.45) is 0. The minimum atomic E-state index is -0.478. The zero-order valence-corrected chi connectivity index (χ0v) is 11.2. The normalized spacial score (nSPS) is 10.5. The van der Waals surface area contributed by atoms with Gasteiger partial charge in [-0.3, -0.25) is 4.79 Å². The molecular formula is C16H11NO4.